The normalized spacial score (nSPS) is 18.8. The number of carbonyl (C=O) groups excluding carboxylic acids is 2. The Morgan fingerprint density at radius 1 is 1.26 bits per heavy atom. The number of hydrogen-bond donors (Lipinski definition) is 3. The molecule has 1 aromatic carbocycles. The number of amides is 2. The van der Waals surface area contributed by atoms with Gasteiger partial charge in [0.15, 0.2) is 0 Å². The first-order chi connectivity index (χ1) is 16.3. The summed E-state index contributed by atoms with van der Waals surface area (Å²) in [7, 11) is 0. The van der Waals surface area contributed by atoms with E-state index in [0.29, 0.717) is 16.7 Å². The SMILES string of the molecule is CC(C)(C(=O)NCc1ccc(Cl)c(C2NC(=O)CC(c3ccc(OC(F)F)nc3)N2)c1)C(F)(F)F. The van der Waals surface area contributed by atoms with Crippen LogP contribution in [-0.4, -0.2) is 29.6 Å². The Hall–Kier alpha value is -2.99. The first kappa shape index (κ1) is 26.6. The summed E-state index contributed by atoms with van der Waals surface area (Å²) in [6.45, 7) is -1.63. The molecule has 2 heterocycles. The number of nitrogens with zero attached hydrogens (tertiary/aromatic N) is 1. The highest BCUT2D eigenvalue weighted by atomic mass is 35.5. The van der Waals surface area contributed by atoms with Gasteiger partial charge in [0.2, 0.25) is 17.7 Å². The van der Waals surface area contributed by atoms with Gasteiger partial charge in [0.25, 0.3) is 0 Å². The number of pyridine rings is 1. The highest BCUT2D eigenvalue weighted by Gasteiger charge is 2.52. The Morgan fingerprint density at radius 3 is 2.57 bits per heavy atom. The highest BCUT2D eigenvalue weighted by molar-refractivity contribution is 6.31. The van der Waals surface area contributed by atoms with Crippen molar-refractivity contribution in [3.05, 3.63) is 58.2 Å². The number of aromatic nitrogens is 1. The number of ether oxygens (including phenoxy) is 1. The summed E-state index contributed by atoms with van der Waals surface area (Å²) in [5, 5.41) is 8.45. The molecule has 0 radical (unpaired) electrons. The fourth-order valence-corrected chi connectivity index (χ4v) is 3.53. The highest BCUT2D eigenvalue weighted by Crippen LogP contribution is 2.37. The standard InChI is InChI=1S/C22H22ClF5N4O3/c1-21(2,22(26,27)28)19(34)30-9-11-3-5-14(23)13(7-11)18-31-15(8-16(33)32-18)12-4-6-17(29-10-12)35-20(24)25/h3-7,10,15,18,20,31H,8-9H2,1-2H3,(H,30,34)(H,32,33). The second kappa shape index (κ2) is 10.3. The largest absolute Gasteiger partial charge is 0.417 e. The average Bonchev–Trinajstić information content (AvgIpc) is 2.77. The van der Waals surface area contributed by atoms with E-state index in [1.807, 2.05) is 0 Å². The van der Waals surface area contributed by atoms with Gasteiger partial charge in [0, 0.05) is 41.9 Å². The van der Waals surface area contributed by atoms with E-state index < -0.39 is 36.3 Å². The Bertz CT molecular complexity index is 1080. The van der Waals surface area contributed by atoms with E-state index in [2.05, 4.69) is 25.7 Å². The zero-order chi connectivity index (χ0) is 26.0. The van der Waals surface area contributed by atoms with E-state index in [-0.39, 0.29) is 29.8 Å². The molecule has 1 fully saturated rings. The molecule has 35 heavy (non-hydrogen) atoms. The van der Waals surface area contributed by atoms with E-state index in [1.165, 1.54) is 24.4 Å². The van der Waals surface area contributed by atoms with E-state index in [9.17, 15) is 31.5 Å². The molecule has 2 aromatic rings. The van der Waals surface area contributed by atoms with Crippen molar-refractivity contribution in [3.8, 4) is 5.88 Å². The van der Waals surface area contributed by atoms with Crippen molar-refractivity contribution < 1.29 is 36.3 Å². The molecule has 2 atom stereocenters. The third-order valence-corrected chi connectivity index (χ3v) is 5.88. The lowest BCUT2D eigenvalue weighted by atomic mass is 9.91. The molecule has 1 saturated heterocycles. The van der Waals surface area contributed by atoms with Gasteiger partial charge < -0.3 is 15.4 Å². The molecule has 190 valence electrons. The van der Waals surface area contributed by atoms with Crippen LogP contribution in [0.5, 0.6) is 5.88 Å². The second-order valence-electron chi connectivity index (χ2n) is 8.39. The van der Waals surface area contributed by atoms with Crippen molar-refractivity contribution >= 4 is 23.4 Å². The zero-order valence-electron chi connectivity index (χ0n) is 18.6. The van der Waals surface area contributed by atoms with Crippen LogP contribution in [0.2, 0.25) is 5.02 Å². The maximum absolute atomic E-state index is 13.1. The molecule has 1 aromatic heterocycles. The Balaban J connectivity index is 1.74. The van der Waals surface area contributed by atoms with Crippen LogP contribution in [0.4, 0.5) is 22.0 Å². The molecule has 0 saturated carbocycles. The number of rotatable bonds is 7. The number of hydrogen-bond acceptors (Lipinski definition) is 5. The van der Waals surface area contributed by atoms with Crippen LogP contribution in [0.25, 0.3) is 0 Å². The van der Waals surface area contributed by atoms with E-state index in [4.69, 9.17) is 11.6 Å². The minimum Gasteiger partial charge on any atom is -0.417 e. The average molecular weight is 521 g/mol. The van der Waals surface area contributed by atoms with Crippen molar-refractivity contribution in [1.82, 2.24) is 20.9 Å². The smallest absolute Gasteiger partial charge is 0.402 e. The molecule has 1 aliphatic heterocycles. The molecular formula is C22H22ClF5N4O3. The van der Waals surface area contributed by atoms with Crippen LogP contribution in [-0.2, 0) is 16.1 Å². The van der Waals surface area contributed by atoms with Crippen molar-refractivity contribution in [2.75, 3.05) is 0 Å². The first-order valence-corrected chi connectivity index (χ1v) is 10.7. The van der Waals surface area contributed by atoms with Gasteiger partial charge in [-0.1, -0.05) is 23.7 Å². The lowest BCUT2D eigenvalue weighted by Crippen LogP contribution is -2.47. The summed E-state index contributed by atoms with van der Waals surface area (Å²) >= 11 is 6.31. The fourth-order valence-electron chi connectivity index (χ4n) is 3.30. The van der Waals surface area contributed by atoms with Gasteiger partial charge in [-0.15, -0.1) is 0 Å². The monoisotopic (exact) mass is 520 g/mol. The third-order valence-electron chi connectivity index (χ3n) is 5.53. The Morgan fingerprint density at radius 2 is 1.97 bits per heavy atom. The number of benzene rings is 1. The van der Waals surface area contributed by atoms with Gasteiger partial charge in [0.05, 0.1) is 0 Å². The van der Waals surface area contributed by atoms with Gasteiger partial charge in [-0.2, -0.15) is 22.0 Å². The first-order valence-electron chi connectivity index (χ1n) is 10.4. The van der Waals surface area contributed by atoms with Gasteiger partial charge >= 0.3 is 12.8 Å². The third kappa shape index (κ3) is 6.37. The van der Waals surface area contributed by atoms with Crippen LogP contribution in [0.3, 0.4) is 0 Å². The maximum Gasteiger partial charge on any atom is 0.402 e. The number of alkyl halides is 5. The molecule has 7 nitrogen and oxygen atoms in total. The number of carbonyl (C=O) groups is 2. The second-order valence-corrected chi connectivity index (χ2v) is 8.80. The van der Waals surface area contributed by atoms with Crippen LogP contribution in [0.1, 0.15) is 49.2 Å². The molecule has 0 bridgehead atoms. The van der Waals surface area contributed by atoms with Gasteiger partial charge in [-0.05, 0) is 37.1 Å². The Kier molecular flexibility index (Phi) is 7.85. The lowest BCUT2D eigenvalue weighted by Gasteiger charge is -2.32. The quantitative estimate of drug-likeness (QED) is 0.471. The molecule has 3 N–H and O–H groups in total. The molecule has 0 spiro atoms. The van der Waals surface area contributed by atoms with Crippen LogP contribution < -0.4 is 20.7 Å². The van der Waals surface area contributed by atoms with Crippen molar-refractivity contribution in [2.45, 2.75) is 51.8 Å². The molecule has 2 unspecified atom stereocenters. The molecule has 13 heteroatoms. The van der Waals surface area contributed by atoms with Crippen molar-refractivity contribution in [2.24, 2.45) is 5.41 Å². The lowest BCUT2D eigenvalue weighted by molar-refractivity contribution is -0.211. The van der Waals surface area contributed by atoms with Crippen LogP contribution in [0.15, 0.2) is 36.5 Å². The van der Waals surface area contributed by atoms with Gasteiger partial charge in [0.1, 0.15) is 11.6 Å². The summed E-state index contributed by atoms with van der Waals surface area (Å²) in [5.41, 5.74) is -1.14. The van der Waals surface area contributed by atoms with E-state index in [1.54, 1.807) is 12.1 Å². The number of halogens is 6. The van der Waals surface area contributed by atoms with Crippen molar-refractivity contribution in [1.29, 1.82) is 0 Å². The molecule has 2 amide bonds. The van der Waals surface area contributed by atoms with Crippen LogP contribution >= 0.6 is 11.6 Å². The summed E-state index contributed by atoms with van der Waals surface area (Å²) in [4.78, 5) is 28.2. The summed E-state index contributed by atoms with van der Waals surface area (Å²) in [6, 6.07) is 6.82. The van der Waals surface area contributed by atoms with E-state index in [0.717, 1.165) is 13.8 Å². The topological polar surface area (TPSA) is 92.4 Å². The zero-order valence-corrected chi connectivity index (χ0v) is 19.3. The minimum absolute atomic E-state index is 0.0348. The van der Waals surface area contributed by atoms with Crippen molar-refractivity contribution in [3.63, 3.8) is 0 Å². The van der Waals surface area contributed by atoms with Gasteiger partial charge in [-0.3, -0.25) is 14.9 Å². The summed E-state index contributed by atoms with van der Waals surface area (Å²) in [6.07, 6.45) is -4.15. The Labute approximate surface area is 202 Å². The summed E-state index contributed by atoms with van der Waals surface area (Å²) in [5.74, 6) is -1.78. The summed E-state index contributed by atoms with van der Waals surface area (Å²) < 4.78 is 68.2. The molecule has 3 rings (SSSR count). The predicted octanol–water partition coefficient (Wildman–Crippen LogP) is 4.39. The maximum atomic E-state index is 13.1. The number of nitrogens with one attached hydrogen (secondary N) is 3. The minimum atomic E-state index is -4.72. The molecule has 0 aliphatic carbocycles. The van der Waals surface area contributed by atoms with E-state index >= 15 is 0 Å². The van der Waals surface area contributed by atoms with Crippen LogP contribution in [0, 0.1) is 5.41 Å². The van der Waals surface area contributed by atoms with Gasteiger partial charge in [-0.25, -0.2) is 4.98 Å². The molecular weight excluding hydrogens is 499 g/mol. The molecule has 1 aliphatic rings. The predicted molar refractivity (Wildman–Crippen MR) is 115 cm³/mol. The fraction of sp³-hybridized carbons (Fsp3) is 0.409.